The normalized spacial score (nSPS) is 11.3. The molecule has 0 aliphatic heterocycles. The van der Waals surface area contributed by atoms with E-state index in [2.05, 4.69) is 15.3 Å². The molecule has 0 aliphatic carbocycles. The molecule has 1 amide bonds. The summed E-state index contributed by atoms with van der Waals surface area (Å²) in [6.07, 6.45) is -4.44. The first-order valence-corrected chi connectivity index (χ1v) is 6.41. The van der Waals surface area contributed by atoms with E-state index in [0.717, 1.165) is 24.3 Å². The number of halogens is 3. The average Bonchev–Trinajstić information content (AvgIpc) is 2.36. The fourth-order valence-electron chi connectivity index (χ4n) is 1.81. The lowest BCUT2D eigenvalue weighted by Crippen LogP contribution is -2.21. The Hall–Kier alpha value is -2.42. The zero-order valence-corrected chi connectivity index (χ0v) is 12.0. The van der Waals surface area contributed by atoms with Gasteiger partial charge in [0.05, 0.1) is 11.1 Å². The monoisotopic (exact) mass is 329 g/mol. The molecule has 1 aromatic carbocycles. The molecule has 5 nitrogen and oxygen atoms in total. The Labute approximate surface area is 127 Å². The predicted molar refractivity (Wildman–Crippen MR) is 76.4 cm³/mol. The summed E-state index contributed by atoms with van der Waals surface area (Å²) >= 11 is 4.90. The van der Waals surface area contributed by atoms with Crippen LogP contribution in [0.1, 0.15) is 21.6 Å². The maximum atomic E-state index is 12.5. The molecular weight excluding hydrogens is 319 g/mol. The highest BCUT2D eigenvalue weighted by Gasteiger charge is 2.30. The van der Waals surface area contributed by atoms with E-state index in [4.69, 9.17) is 12.2 Å². The molecule has 116 valence electrons. The number of anilines is 1. The molecule has 9 heteroatoms. The topological polar surface area (TPSA) is 77.8 Å². The number of aromatic amines is 2. The van der Waals surface area contributed by atoms with E-state index in [-0.39, 0.29) is 21.6 Å². The summed E-state index contributed by atoms with van der Waals surface area (Å²) in [5.41, 5.74) is -0.873. The molecule has 2 aromatic rings. The van der Waals surface area contributed by atoms with E-state index in [1.54, 1.807) is 0 Å². The molecule has 2 rings (SSSR count). The van der Waals surface area contributed by atoms with Crippen molar-refractivity contribution in [2.24, 2.45) is 0 Å². The second-order valence-corrected chi connectivity index (χ2v) is 4.85. The second kappa shape index (κ2) is 5.76. The number of aryl methyl sites for hydroxylation is 1. The van der Waals surface area contributed by atoms with E-state index in [9.17, 15) is 22.8 Å². The number of amides is 1. The summed E-state index contributed by atoms with van der Waals surface area (Å²) < 4.78 is 37.3. The Morgan fingerprint density at radius 3 is 2.27 bits per heavy atom. The van der Waals surface area contributed by atoms with Crippen molar-refractivity contribution < 1.29 is 18.0 Å². The molecule has 0 fully saturated rings. The summed E-state index contributed by atoms with van der Waals surface area (Å²) in [6, 6.07) is 3.98. The molecule has 22 heavy (non-hydrogen) atoms. The van der Waals surface area contributed by atoms with Crippen molar-refractivity contribution >= 4 is 23.8 Å². The Morgan fingerprint density at radius 1 is 1.18 bits per heavy atom. The van der Waals surface area contributed by atoms with Crippen molar-refractivity contribution in [1.82, 2.24) is 9.97 Å². The van der Waals surface area contributed by atoms with Crippen molar-refractivity contribution in [3.63, 3.8) is 0 Å². The van der Waals surface area contributed by atoms with Gasteiger partial charge in [0.2, 0.25) is 0 Å². The third kappa shape index (κ3) is 3.42. The number of H-pyrrole nitrogens is 2. The predicted octanol–water partition coefficient (Wildman–Crippen LogP) is 3.01. The van der Waals surface area contributed by atoms with E-state index in [0.29, 0.717) is 0 Å². The van der Waals surface area contributed by atoms with Gasteiger partial charge in [-0.25, -0.2) is 4.79 Å². The molecule has 0 unspecified atom stereocenters. The molecule has 0 saturated carbocycles. The lowest BCUT2D eigenvalue weighted by molar-refractivity contribution is -0.137. The molecule has 1 aromatic heterocycles. The van der Waals surface area contributed by atoms with Crippen molar-refractivity contribution in [2.45, 2.75) is 13.1 Å². The van der Waals surface area contributed by atoms with E-state index in [1.807, 2.05) is 0 Å². The molecule has 0 saturated heterocycles. The fourth-order valence-corrected chi connectivity index (χ4v) is 2.15. The number of hydrogen-bond donors (Lipinski definition) is 3. The van der Waals surface area contributed by atoms with Crippen LogP contribution in [0.2, 0.25) is 0 Å². The van der Waals surface area contributed by atoms with Gasteiger partial charge >= 0.3 is 11.9 Å². The SMILES string of the molecule is Cc1[nH]c(=O)[nH]c(=S)c1C(=O)Nc1ccc(C(F)(F)F)cc1. The van der Waals surface area contributed by atoms with Crippen LogP contribution in [-0.4, -0.2) is 15.9 Å². The van der Waals surface area contributed by atoms with Gasteiger partial charge in [-0.05, 0) is 31.2 Å². The van der Waals surface area contributed by atoms with E-state index < -0.39 is 23.3 Å². The standard InChI is InChI=1S/C13H10F3N3O2S/c1-6-9(11(22)19-12(21)17-6)10(20)18-8-4-2-7(3-5-8)13(14,15)16/h2-5H,1H3,(H,18,20)(H2,17,19,21,22). The minimum Gasteiger partial charge on any atom is -0.322 e. The maximum absolute atomic E-state index is 12.5. The quantitative estimate of drug-likeness (QED) is 0.741. The summed E-state index contributed by atoms with van der Waals surface area (Å²) in [5, 5.41) is 2.42. The number of rotatable bonds is 2. The van der Waals surface area contributed by atoms with Gasteiger partial charge in [0, 0.05) is 11.4 Å². The molecule has 1 heterocycles. The lowest BCUT2D eigenvalue weighted by atomic mass is 10.2. The van der Waals surface area contributed by atoms with Gasteiger partial charge in [-0.1, -0.05) is 12.2 Å². The van der Waals surface area contributed by atoms with Gasteiger partial charge in [-0.3, -0.25) is 9.78 Å². The van der Waals surface area contributed by atoms with Crippen LogP contribution < -0.4 is 11.0 Å². The largest absolute Gasteiger partial charge is 0.416 e. The molecular formula is C13H10F3N3O2S. The maximum Gasteiger partial charge on any atom is 0.416 e. The zero-order valence-electron chi connectivity index (χ0n) is 11.2. The van der Waals surface area contributed by atoms with Crippen LogP contribution in [0, 0.1) is 11.6 Å². The van der Waals surface area contributed by atoms with Gasteiger partial charge in [0.1, 0.15) is 4.64 Å². The van der Waals surface area contributed by atoms with Crippen molar-refractivity contribution in [3.8, 4) is 0 Å². The van der Waals surface area contributed by atoms with E-state index in [1.165, 1.54) is 6.92 Å². The number of aromatic nitrogens is 2. The van der Waals surface area contributed by atoms with Crippen LogP contribution in [0.3, 0.4) is 0 Å². The number of benzene rings is 1. The summed E-state index contributed by atoms with van der Waals surface area (Å²) in [5.74, 6) is -0.630. The highest BCUT2D eigenvalue weighted by Crippen LogP contribution is 2.29. The smallest absolute Gasteiger partial charge is 0.322 e. The summed E-state index contributed by atoms with van der Waals surface area (Å²) in [6.45, 7) is 1.49. The summed E-state index contributed by atoms with van der Waals surface area (Å²) in [7, 11) is 0. The number of alkyl halides is 3. The van der Waals surface area contributed by atoms with Crippen molar-refractivity contribution in [3.05, 3.63) is 56.2 Å². The van der Waals surface area contributed by atoms with Gasteiger partial charge in [0.25, 0.3) is 5.91 Å². The van der Waals surface area contributed by atoms with Gasteiger partial charge in [-0.15, -0.1) is 0 Å². The van der Waals surface area contributed by atoms with Gasteiger partial charge < -0.3 is 10.3 Å². The number of hydrogen-bond acceptors (Lipinski definition) is 3. The van der Waals surface area contributed by atoms with Crippen LogP contribution in [0.4, 0.5) is 18.9 Å². The fraction of sp³-hybridized carbons (Fsp3) is 0.154. The van der Waals surface area contributed by atoms with E-state index >= 15 is 0 Å². The van der Waals surface area contributed by atoms with Crippen molar-refractivity contribution in [2.75, 3.05) is 5.32 Å². The first-order valence-electron chi connectivity index (χ1n) is 6.00. The molecule has 0 atom stereocenters. The number of carbonyl (C=O) groups excluding carboxylic acids is 1. The number of carbonyl (C=O) groups is 1. The van der Waals surface area contributed by atoms with Crippen LogP contribution in [-0.2, 0) is 6.18 Å². The highest BCUT2D eigenvalue weighted by molar-refractivity contribution is 7.71. The third-order valence-electron chi connectivity index (χ3n) is 2.83. The molecule has 0 spiro atoms. The Kier molecular flexibility index (Phi) is 4.18. The first kappa shape index (κ1) is 16.0. The molecule has 0 aliphatic rings. The molecule has 0 bridgehead atoms. The first-order chi connectivity index (χ1) is 10.2. The third-order valence-corrected chi connectivity index (χ3v) is 3.13. The Bertz CT molecular complexity index is 822. The lowest BCUT2D eigenvalue weighted by Gasteiger charge is -2.09. The Morgan fingerprint density at radius 2 is 1.77 bits per heavy atom. The van der Waals surface area contributed by atoms with Crippen LogP contribution >= 0.6 is 12.2 Å². The van der Waals surface area contributed by atoms with Gasteiger partial charge in [0.15, 0.2) is 0 Å². The average molecular weight is 329 g/mol. The van der Waals surface area contributed by atoms with Crippen LogP contribution in [0.25, 0.3) is 0 Å². The van der Waals surface area contributed by atoms with Crippen LogP contribution in [0.5, 0.6) is 0 Å². The molecule has 3 N–H and O–H groups in total. The highest BCUT2D eigenvalue weighted by atomic mass is 32.1. The van der Waals surface area contributed by atoms with Gasteiger partial charge in [-0.2, -0.15) is 13.2 Å². The summed E-state index contributed by atoms with van der Waals surface area (Å²) in [4.78, 5) is 27.9. The molecule has 0 radical (unpaired) electrons. The number of nitrogens with one attached hydrogen (secondary N) is 3. The zero-order chi connectivity index (χ0) is 16.5. The second-order valence-electron chi connectivity index (χ2n) is 4.44. The minimum absolute atomic E-state index is 0.0503. The van der Waals surface area contributed by atoms with Crippen molar-refractivity contribution in [1.29, 1.82) is 0 Å². The van der Waals surface area contributed by atoms with Crippen LogP contribution in [0.15, 0.2) is 29.1 Å². The minimum atomic E-state index is -4.44. The Balaban J connectivity index is 2.27.